The maximum atomic E-state index is 11.3. The molecule has 0 spiro atoms. The first-order valence-electron chi connectivity index (χ1n) is 5.93. The van der Waals surface area contributed by atoms with Gasteiger partial charge in [-0.2, -0.15) is 0 Å². The van der Waals surface area contributed by atoms with Crippen LogP contribution in [0.25, 0.3) is 11.0 Å². The lowest BCUT2D eigenvalue weighted by Crippen LogP contribution is -2.01. The summed E-state index contributed by atoms with van der Waals surface area (Å²) in [5.41, 5.74) is 2.34. The molecular formula is C14H11N3O2S. The van der Waals surface area contributed by atoms with Gasteiger partial charge in [0.05, 0.1) is 23.7 Å². The second-order valence-electron chi connectivity index (χ2n) is 4.04. The zero-order chi connectivity index (χ0) is 13.9. The van der Waals surface area contributed by atoms with E-state index in [-0.39, 0.29) is 0 Å². The summed E-state index contributed by atoms with van der Waals surface area (Å²) in [5.74, 6) is -0.391. The molecule has 0 bridgehead atoms. The van der Waals surface area contributed by atoms with Gasteiger partial charge >= 0.3 is 5.97 Å². The number of rotatable bonds is 3. The fourth-order valence-electron chi connectivity index (χ4n) is 1.76. The molecular weight excluding hydrogens is 274 g/mol. The third-order valence-electron chi connectivity index (χ3n) is 2.73. The van der Waals surface area contributed by atoms with Gasteiger partial charge in [-0.25, -0.2) is 14.8 Å². The summed E-state index contributed by atoms with van der Waals surface area (Å²) in [6, 6.07) is 11.3. The van der Waals surface area contributed by atoms with Crippen LogP contribution < -0.4 is 0 Å². The largest absolute Gasteiger partial charge is 0.465 e. The van der Waals surface area contributed by atoms with Crippen molar-refractivity contribution in [1.29, 1.82) is 0 Å². The summed E-state index contributed by atoms with van der Waals surface area (Å²) in [5, 5.41) is 1.53. The predicted octanol–water partition coefficient (Wildman–Crippen LogP) is 2.90. The molecule has 3 aromatic rings. The first-order chi connectivity index (χ1) is 9.76. The second-order valence-corrected chi connectivity index (χ2v) is 5.05. The topological polar surface area (TPSA) is 67.9 Å². The van der Waals surface area contributed by atoms with Crippen molar-refractivity contribution in [2.75, 3.05) is 7.11 Å². The van der Waals surface area contributed by atoms with E-state index in [0.29, 0.717) is 5.56 Å². The van der Waals surface area contributed by atoms with Crippen LogP contribution in [-0.4, -0.2) is 28.0 Å². The van der Waals surface area contributed by atoms with E-state index >= 15 is 0 Å². The Hall–Kier alpha value is -2.34. The molecule has 0 atom stereocenters. The zero-order valence-corrected chi connectivity index (χ0v) is 11.5. The molecule has 0 unspecified atom stereocenters. The maximum Gasteiger partial charge on any atom is 0.339 e. The number of fused-ring (bicyclic) bond motifs is 1. The van der Waals surface area contributed by atoms with Crippen LogP contribution in [0.3, 0.4) is 0 Å². The molecule has 2 aromatic heterocycles. The van der Waals surface area contributed by atoms with Crippen LogP contribution in [0.5, 0.6) is 0 Å². The number of nitrogens with zero attached hydrogens (tertiary/aromatic N) is 2. The first kappa shape index (κ1) is 12.7. The number of nitrogens with one attached hydrogen (secondary N) is 1. The van der Waals surface area contributed by atoms with E-state index in [1.807, 2.05) is 24.3 Å². The van der Waals surface area contributed by atoms with Gasteiger partial charge in [0, 0.05) is 6.20 Å². The van der Waals surface area contributed by atoms with Crippen LogP contribution >= 0.6 is 11.8 Å². The quantitative estimate of drug-likeness (QED) is 0.749. The van der Waals surface area contributed by atoms with Crippen molar-refractivity contribution in [3.05, 3.63) is 48.2 Å². The predicted molar refractivity (Wildman–Crippen MR) is 75.8 cm³/mol. The van der Waals surface area contributed by atoms with Crippen molar-refractivity contribution in [3.63, 3.8) is 0 Å². The van der Waals surface area contributed by atoms with E-state index < -0.39 is 5.97 Å². The highest BCUT2D eigenvalue weighted by atomic mass is 32.2. The number of carbonyl (C=O) groups excluding carboxylic acids is 1. The minimum Gasteiger partial charge on any atom is -0.465 e. The number of imidazole rings is 1. The molecule has 2 heterocycles. The third kappa shape index (κ3) is 2.50. The van der Waals surface area contributed by atoms with E-state index in [1.54, 1.807) is 12.1 Å². The van der Waals surface area contributed by atoms with Crippen LogP contribution in [-0.2, 0) is 4.74 Å². The Morgan fingerprint density at radius 3 is 2.80 bits per heavy atom. The minimum absolute atomic E-state index is 0.391. The lowest BCUT2D eigenvalue weighted by Gasteiger charge is -2.00. The lowest BCUT2D eigenvalue weighted by molar-refractivity contribution is 0.0600. The van der Waals surface area contributed by atoms with Gasteiger partial charge < -0.3 is 9.72 Å². The number of aromatic amines is 1. The van der Waals surface area contributed by atoms with Crippen molar-refractivity contribution in [1.82, 2.24) is 15.0 Å². The number of hydrogen-bond donors (Lipinski definition) is 1. The zero-order valence-electron chi connectivity index (χ0n) is 10.7. The summed E-state index contributed by atoms with van der Waals surface area (Å²) in [7, 11) is 1.35. The normalized spacial score (nSPS) is 10.7. The van der Waals surface area contributed by atoms with Gasteiger partial charge in [0.1, 0.15) is 5.03 Å². The first-order valence-corrected chi connectivity index (χ1v) is 6.75. The van der Waals surface area contributed by atoms with E-state index in [0.717, 1.165) is 21.2 Å². The smallest absolute Gasteiger partial charge is 0.339 e. The third-order valence-corrected chi connectivity index (χ3v) is 3.56. The molecule has 0 aliphatic heterocycles. The molecule has 5 nitrogen and oxygen atoms in total. The molecule has 0 radical (unpaired) electrons. The van der Waals surface area contributed by atoms with Crippen LogP contribution in [0.15, 0.2) is 52.8 Å². The molecule has 0 aliphatic rings. The summed E-state index contributed by atoms with van der Waals surface area (Å²) in [6.45, 7) is 0. The number of methoxy groups -OCH3 is 1. The molecule has 0 saturated carbocycles. The Morgan fingerprint density at radius 2 is 2.10 bits per heavy atom. The van der Waals surface area contributed by atoms with Crippen LogP contribution in [0, 0.1) is 0 Å². The van der Waals surface area contributed by atoms with Gasteiger partial charge in [0.2, 0.25) is 0 Å². The monoisotopic (exact) mass is 285 g/mol. The average Bonchev–Trinajstić information content (AvgIpc) is 2.89. The van der Waals surface area contributed by atoms with E-state index in [4.69, 9.17) is 0 Å². The molecule has 0 aliphatic carbocycles. The summed E-state index contributed by atoms with van der Waals surface area (Å²) < 4.78 is 4.63. The summed E-state index contributed by atoms with van der Waals surface area (Å²) in [6.07, 6.45) is 1.50. The number of ether oxygens (including phenoxy) is 1. The lowest BCUT2D eigenvalue weighted by atomic mass is 10.3. The highest BCUT2D eigenvalue weighted by Crippen LogP contribution is 2.25. The highest BCUT2D eigenvalue weighted by molar-refractivity contribution is 7.99. The molecule has 3 rings (SSSR count). The number of H-pyrrole nitrogens is 1. The molecule has 6 heteroatoms. The second kappa shape index (κ2) is 5.34. The van der Waals surface area contributed by atoms with Crippen LogP contribution in [0.1, 0.15) is 10.4 Å². The minimum atomic E-state index is -0.391. The van der Waals surface area contributed by atoms with E-state index in [1.165, 1.54) is 25.1 Å². The number of esters is 1. The van der Waals surface area contributed by atoms with Crippen molar-refractivity contribution in [3.8, 4) is 0 Å². The number of benzene rings is 1. The SMILES string of the molecule is COC(=O)c1ccc(Sc2nc3ccccc3[nH]2)nc1. The van der Waals surface area contributed by atoms with Gasteiger partial charge in [-0.05, 0) is 36.0 Å². The Labute approximate surface area is 119 Å². The Kier molecular flexibility index (Phi) is 3.39. The van der Waals surface area contributed by atoms with Crippen LogP contribution in [0.2, 0.25) is 0 Å². The average molecular weight is 285 g/mol. The molecule has 0 saturated heterocycles. The number of aromatic nitrogens is 3. The van der Waals surface area contributed by atoms with Crippen molar-refractivity contribution in [2.24, 2.45) is 0 Å². The fraction of sp³-hybridized carbons (Fsp3) is 0.0714. The van der Waals surface area contributed by atoms with Gasteiger partial charge in [-0.3, -0.25) is 0 Å². The molecule has 0 amide bonds. The Bertz CT molecular complexity index is 719. The van der Waals surface area contributed by atoms with Crippen molar-refractivity contribution in [2.45, 2.75) is 10.2 Å². The van der Waals surface area contributed by atoms with E-state index in [9.17, 15) is 4.79 Å². The van der Waals surface area contributed by atoms with Crippen molar-refractivity contribution < 1.29 is 9.53 Å². The molecule has 100 valence electrons. The highest BCUT2D eigenvalue weighted by Gasteiger charge is 2.08. The number of para-hydroxylation sites is 2. The summed E-state index contributed by atoms with van der Waals surface area (Å²) >= 11 is 1.41. The van der Waals surface area contributed by atoms with Gasteiger partial charge in [-0.1, -0.05) is 12.1 Å². The van der Waals surface area contributed by atoms with E-state index in [2.05, 4.69) is 19.7 Å². The fourth-order valence-corrected chi connectivity index (χ4v) is 2.50. The van der Waals surface area contributed by atoms with Gasteiger partial charge in [-0.15, -0.1) is 0 Å². The number of pyridine rings is 1. The van der Waals surface area contributed by atoms with Gasteiger partial charge in [0.15, 0.2) is 5.16 Å². The maximum absolute atomic E-state index is 11.3. The standard InChI is InChI=1S/C14H11N3O2S/c1-19-13(18)9-6-7-12(15-8-9)20-14-16-10-4-2-3-5-11(10)17-14/h2-8H,1H3,(H,16,17). The van der Waals surface area contributed by atoms with Crippen LogP contribution in [0.4, 0.5) is 0 Å². The van der Waals surface area contributed by atoms with Crippen molar-refractivity contribution >= 4 is 28.8 Å². The number of hydrogen-bond acceptors (Lipinski definition) is 5. The number of carbonyl (C=O) groups is 1. The Balaban J connectivity index is 1.82. The molecule has 0 fully saturated rings. The molecule has 1 N–H and O–H groups in total. The van der Waals surface area contributed by atoms with Gasteiger partial charge in [0.25, 0.3) is 0 Å². The summed E-state index contributed by atoms with van der Waals surface area (Å²) in [4.78, 5) is 23.2. The molecule has 20 heavy (non-hydrogen) atoms. The Morgan fingerprint density at radius 1 is 1.25 bits per heavy atom. The molecule has 1 aromatic carbocycles.